The van der Waals surface area contributed by atoms with Crippen LogP contribution in [0.4, 0.5) is 5.69 Å². The average Bonchev–Trinajstić information content (AvgIpc) is 2.48. The number of nitrogens with zero attached hydrogens (tertiary/aromatic N) is 2. The van der Waals surface area contributed by atoms with Gasteiger partial charge in [0.15, 0.2) is 0 Å². The predicted molar refractivity (Wildman–Crippen MR) is 90.0 cm³/mol. The molecule has 3 heteroatoms. The van der Waals surface area contributed by atoms with Crippen LogP contribution >= 0.6 is 11.6 Å². The minimum Gasteiger partial charge on any atom is -0.370 e. The average molecular weight is 297 g/mol. The van der Waals surface area contributed by atoms with Crippen molar-refractivity contribution in [3.8, 4) is 0 Å². The second-order valence-corrected chi connectivity index (χ2v) is 5.68. The smallest absolute Gasteiger partial charge is 0.134 e. The third-order valence-electron chi connectivity index (χ3n) is 3.63. The van der Waals surface area contributed by atoms with Gasteiger partial charge < -0.3 is 4.90 Å². The highest BCUT2D eigenvalue weighted by Gasteiger charge is 2.08. The Morgan fingerprint density at radius 2 is 1.76 bits per heavy atom. The standard InChI is InChI=1S/C18H17ClN2/c1-13-7-9-16(10-8-13)21(2)12-15-11-14-5-3-4-6-17(14)20-18(15)19/h3-11H,12H2,1-2H3. The molecule has 0 aliphatic carbocycles. The number of fused-ring (bicyclic) bond motifs is 1. The number of hydrogen-bond acceptors (Lipinski definition) is 2. The summed E-state index contributed by atoms with van der Waals surface area (Å²) in [6, 6.07) is 18.6. The van der Waals surface area contributed by atoms with Gasteiger partial charge in [-0.1, -0.05) is 47.5 Å². The fourth-order valence-electron chi connectivity index (χ4n) is 2.39. The summed E-state index contributed by atoms with van der Waals surface area (Å²) >= 11 is 6.32. The zero-order chi connectivity index (χ0) is 14.8. The Balaban J connectivity index is 1.90. The number of benzene rings is 2. The zero-order valence-electron chi connectivity index (χ0n) is 12.2. The molecule has 0 atom stereocenters. The van der Waals surface area contributed by atoms with E-state index in [4.69, 9.17) is 11.6 Å². The van der Waals surface area contributed by atoms with Crippen molar-refractivity contribution in [2.45, 2.75) is 13.5 Å². The first-order chi connectivity index (χ1) is 10.1. The molecule has 1 heterocycles. The van der Waals surface area contributed by atoms with E-state index in [0.717, 1.165) is 23.0 Å². The molecule has 0 saturated carbocycles. The minimum absolute atomic E-state index is 0.577. The molecule has 0 aliphatic heterocycles. The Morgan fingerprint density at radius 1 is 1.05 bits per heavy atom. The quantitative estimate of drug-likeness (QED) is 0.643. The van der Waals surface area contributed by atoms with Crippen molar-refractivity contribution < 1.29 is 0 Å². The van der Waals surface area contributed by atoms with Crippen LogP contribution in [-0.4, -0.2) is 12.0 Å². The van der Waals surface area contributed by atoms with E-state index in [2.05, 4.69) is 60.3 Å². The van der Waals surface area contributed by atoms with Gasteiger partial charge in [-0.05, 0) is 31.2 Å². The van der Waals surface area contributed by atoms with Crippen molar-refractivity contribution in [1.29, 1.82) is 0 Å². The van der Waals surface area contributed by atoms with E-state index in [-0.39, 0.29) is 0 Å². The van der Waals surface area contributed by atoms with Gasteiger partial charge in [-0.3, -0.25) is 0 Å². The molecule has 0 bridgehead atoms. The summed E-state index contributed by atoms with van der Waals surface area (Å²) in [5, 5.41) is 1.70. The Kier molecular flexibility index (Phi) is 3.80. The van der Waals surface area contributed by atoms with Crippen LogP contribution in [0.1, 0.15) is 11.1 Å². The van der Waals surface area contributed by atoms with Crippen molar-refractivity contribution in [2.24, 2.45) is 0 Å². The molecule has 1 aromatic heterocycles. The highest BCUT2D eigenvalue weighted by Crippen LogP contribution is 2.23. The summed E-state index contributed by atoms with van der Waals surface area (Å²) in [7, 11) is 2.07. The molecule has 0 saturated heterocycles. The lowest BCUT2D eigenvalue weighted by molar-refractivity contribution is 0.919. The Labute approximate surface area is 130 Å². The summed E-state index contributed by atoms with van der Waals surface area (Å²) in [4.78, 5) is 6.65. The summed E-state index contributed by atoms with van der Waals surface area (Å²) in [6.07, 6.45) is 0. The zero-order valence-corrected chi connectivity index (χ0v) is 12.9. The van der Waals surface area contributed by atoms with Gasteiger partial charge in [0, 0.05) is 30.2 Å². The monoisotopic (exact) mass is 296 g/mol. The van der Waals surface area contributed by atoms with Crippen molar-refractivity contribution in [3.63, 3.8) is 0 Å². The predicted octanol–water partition coefficient (Wildman–Crippen LogP) is 4.83. The molecule has 0 N–H and O–H groups in total. The molecular formula is C18H17ClN2. The molecular weight excluding hydrogens is 280 g/mol. The molecule has 0 fully saturated rings. The Hall–Kier alpha value is -2.06. The molecule has 0 amide bonds. The Morgan fingerprint density at radius 3 is 2.52 bits per heavy atom. The van der Waals surface area contributed by atoms with Gasteiger partial charge in [0.05, 0.1) is 5.52 Å². The van der Waals surface area contributed by atoms with Crippen LogP contribution < -0.4 is 4.90 Å². The molecule has 0 radical (unpaired) electrons. The number of pyridine rings is 1. The van der Waals surface area contributed by atoms with E-state index in [1.165, 1.54) is 11.3 Å². The maximum atomic E-state index is 6.32. The lowest BCUT2D eigenvalue weighted by Crippen LogP contribution is -2.16. The van der Waals surface area contributed by atoms with Gasteiger partial charge in [-0.2, -0.15) is 0 Å². The van der Waals surface area contributed by atoms with Gasteiger partial charge >= 0.3 is 0 Å². The second-order valence-electron chi connectivity index (χ2n) is 5.32. The van der Waals surface area contributed by atoms with Crippen LogP contribution in [0.2, 0.25) is 5.15 Å². The van der Waals surface area contributed by atoms with E-state index in [0.29, 0.717) is 5.15 Å². The highest BCUT2D eigenvalue weighted by atomic mass is 35.5. The normalized spacial score (nSPS) is 10.8. The van der Waals surface area contributed by atoms with Crippen LogP contribution in [0.5, 0.6) is 0 Å². The van der Waals surface area contributed by atoms with Crippen LogP contribution in [0.15, 0.2) is 54.6 Å². The van der Waals surface area contributed by atoms with Gasteiger partial charge in [-0.15, -0.1) is 0 Å². The SMILES string of the molecule is Cc1ccc(N(C)Cc2cc3ccccc3nc2Cl)cc1. The first-order valence-electron chi connectivity index (χ1n) is 6.95. The molecule has 106 valence electrons. The number of halogens is 1. The van der Waals surface area contributed by atoms with E-state index in [1.807, 2.05) is 18.2 Å². The van der Waals surface area contributed by atoms with E-state index in [9.17, 15) is 0 Å². The number of rotatable bonds is 3. The summed E-state index contributed by atoms with van der Waals surface area (Å²) in [5.41, 5.74) is 4.41. The largest absolute Gasteiger partial charge is 0.370 e. The molecule has 3 rings (SSSR count). The van der Waals surface area contributed by atoms with Gasteiger partial charge in [-0.25, -0.2) is 4.98 Å². The van der Waals surface area contributed by atoms with Crippen molar-refractivity contribution >= 4 is 28.2 Å². The first-order valence-corrected chi connectivity index (χ1v) is 7.33. The lowest BCUT2D eigenvalue weighted by atomic mass is 10.1. The lowest BCUT2D eigenvalue weighted by Gasteiger charge is -2.20. The third kappa shape index (κ3) is 3.01. The highest BCUT2D eigenvalue weighted by molar-refractivity contribution is 6.30. The molecule has 2 aromatic carbocycles. The maximum Gasteiger partial charge on any atom is 0.134 e. The van der Waals surface area contributed by atoms with E-state index >= 15 is 0 Å². The Bertz CT molecular complexity index is 766. The van der Waals surface area contributed by atoms with E-state index < -0.39 is 0 Å². The number of aryl methyl sites for hydroxylation is 1. The first kappa shape index (κ1) is 13.9. The van der Waals surface area contributed by atoms with Gasteiger partial charge in [0.25, 0.3) is 0 Å². The second kappa shape index (κ2) is 5.74. The molecule has 2 nitrogen and oxygen atoms in total. The van der Waals surface area contributed by atoms with Crippen LogP contribution in [0, 0.1) is 6.92 Å². The van der Waals surface area contributed by atoms with Crippen LogP contribution in [-0.2, 0) is 6.54 Å². The number of aromatic nitrogens is 1. The van der Waals surface area contributed by atoms with Gasteiger partial charge in [0.2, 0.25) is 0 Å². The molecule has 3 aromatic rings. The van der Waals surface area contributed by atoms with Crippen molar-refractivity contribution in [2.75, 3.05) is 11.9 Å². The van der Waals surface area contributed by atoms with Crippen LogP contribution in [0.3, 0.4) is 0 Å². The number of para-hydroxylation sites is 1. The van der Waals surface area contributed by atoms with Crippen molar-refractivity contribution in [1.82, 2.24) is 4.98 Å². The minimum atomic E-state index is 0.577. The molecule has 0 aliphatic rings. The summed E-state index contributed by atoms with van der Waals surface area (Å²) in [5.74, 6) is 0. The summed E-state index contributed by atoms with van der Waals surface area (Å²) in [6.45, 7) is 2.83. The number of hydrogen-bond donors (Lipinski definition) is 0. The topological polar surface area (TPSA) is 16.1 Å². The molecule has 0 spiro atoms. The molecule has 21 heavy (non-hydrogen) atoms. The molecule has 0 unspecified atom stereocenters. The van der Waals surface area contributed by atoms with E-state index in [1.54, 1.807) is 0 Å². The summed E-state index contributed by atoms with van der Waals surface area (Å²) < 4.78 is 0. The van der Waals surface area contributed by atoms with Crippen molar-refractivity contribution in [3.05, 3.63) is 70.9 Å². The maximum absolute atomic E-state index is 6.32. The fraction of sp³-hybridized carbons (Fsp3) is 0.167. The third-order valence-corrected chi connectivity index (χ3v) is 3.96. The van der Waals surface area contributed by atoms with Crippen LogP contribution in [0.25, 0.3) is 10.9 Å². The number of anilines is 1. The fourth-order valence-corrected chi connectivity index (χ4v) is 2.60. The van der Waals surface area contributed by atoms with Gasteiger partial charge in [0.1, 0.15) is 5.15 Å².